The van der Waals surface area contributed by atoms with Gasteiger partial charge in [0.1, 0.15) is 4.32 Å². The van der Waals surface area contributed by atoms with Crippen molar-refractivity contribution in [1.29, 1.82) is 0 Å². The maximum atomic E-state index is 13.2. The fourth-order valence-electron chi connectivity index (χ4n) is 4.61. The number of nitrogens with zero attached hydrogens (tertiary/aromatic N) is 2. The van der Waals surface area contributed by atoms with Crippen LogP contribution in [0.5, 0.6) is 0 Å². The highest BCUT2D eigenvalue weighted by Gasteiger charge is 2.37. The molecule has 1 aliphatic carbocycles. The number of hydrogen-bond donors (Lipinski definition) is 0. The molecule has 1 saturated carbocycles. The highest BCUT2D eigenvalue weighted by molar-refractivity contribution is 8.26. The van der Waals surface area contributed by atoms with Crippen LogP contribution in [0.1, 0.15) is 43.2 Å². The van der Waals surface area contributed by atoms with Crippen LogP contribution in [0.2, 0.25) is 5.02 Å². The first-order valence-electron chi connectivity index (χ1n) is 10.7. The number of carbonyl (C=O) groups excluding carboxylic acids is 1. The maximum absolute atomic E-state index is 13.2. The molecule has 0 atom stereocenters. The summed E-state index contributed by atoms with van der Waals surface area (Å²) in [5.74, 6) is 0.0600. The smallest absolute Gasteiger partial charge is 0.266 e. The molecule has 2 fully saturated rings. The maximum Gasteiger partial charge on any atom is 0.266 e. The number of fused-ring (bicyclic) bond motifs is 1. The molecule has 2 aliphatic rings. The Labute approximate surface area is 197 Å². The number of carbonyl (C=O) groups is 1. The van der Waals surface area contributed by atoms with Crippen LogP contribution in [0.4, 0.5) is 0 Å². The Bertz CT molecular complexity index is 1190. The number of thiocarbonyl (C=S) groups is 1. The summed E-state index contributed by atoms with van der Waals surface area (Å²) in [6.07, 6.45) is 9.83. The van der Waals surface area contributed by atoms with Gasteiger partial charge in [-0.15, -0.1) is 0 Å². The molecule has 6 heteroatoms. The van der Waals surface area contributed by atoms with Gasteiger partial charge in [-0.05, 0) is 36.6 Å². The van der Waals surface area contributed by atoms with Crippen molar-refractivity contribution >= 4 is 62.8 Å². The minimum absolute atomic E-state index is 0.0600. The molecule has 31 heavy (non-hydrogen) atoms. The van der Waals surface area contributed by atoms with E-state index in [9.17, 15) is 4.79 Å². The number of para-hydroxylation sites is 1. The average molecular weight is 467 g/mol. The van der Waals surface area contributed by atoms with Gasteiger partial charge in [0.05, 0.1) is 4.91 Å². The molecular weight excluding hydrogens is 444 g/mol. The zero-order chi connectivity index (χ0) is 21.4. The number of halogens is 1. The summed E-state index contributed by atoms with van der Waals surface area (Å²) < 4.78 is 2.90. The van der Waals surface area contributed by atoms with Crippen LogP contribution in [0.25, 0.3) is 17.0 Å². The summed E-state index contributed by atoms with van der Waals surface area (Å²) >= 11 is 13.4. The second-order valence-electron chi connectivity index (χ2n) is 8.16. The molecule has 3 aromatic rings. The molecule has 3 nitrogen and oxygen atoms in total. The van der Waals surface area contributed by atoms with Crippen LogP contribution in [0.3, 0.4) is 0 Å². The Morgan fingerprint density at radius 2 is 1.81 bits per heavy atom. The van der Waals surface area contributed by atoms with Gasteiger partial charge in [-0.2, -0.15) is 0 Å². The summed E-state index contributed by atoms with van der Waals surface area (Å²) in [6, 6.07) is 16.5. The summed E-state index contributed by atoms with van der Waals surface area (Å²) in [5, 5.41) is 1.88. The van der Waals surface area contributed by atoms with E-state index in [-0.39, 0.29) is 11.9 Å². The monoisotopic (exact) mass is 466 g/mol. The summed E-state index contributed by atoms with van der Waals surface area (Å²) in [5.41, 5.74) is 3.23. The van der Waals surface area contributed by atoms with E-state index in [1.54, 1.807) is 0 Å². The number of rotatable bonds is 4. The number of hydrogen-bond acceptors (Lipinski definition) is 3. The second-order valence-corrected chi connectivity index (χ2v) is 10.2. The van der Waals surface area contributed by atoms with E-state index < -0.39 is 0 Å². The lowest BCUT2D eigenvalue weighted by Crippen LogP contribution is -2.39. The molecule has 2 aromatic carbocycles. The van der Waals surface area contributed by atoms with Crippen molar-refractivity contribution < 1.29 is 4.79 Å². The molecule has 158 valence electrons. The van der Waals surface area contributed by atoms with E-state index in [0.717, 1.165) is 44.8 Å². The van der Waals surface area contributed by atoms with Crippen molar-refractivity contribution in [3.8, 4) is 0 Å². The minimum atomic E-state index is 0.0600. The lowest BCUT2D eigenvalue weighted by Gasteiger charge is -2.29. The summed E-state index contributed by atoms with van der Waals surface area (Å²) in [7, 11) is 0. The normalized spacial score (nSPS) is 19.1. The molecule has 0 radical (unpaired) electrons. The van der Waals surface area contributed by atoms with Gasteiger partial charge in [0, 0.05) is 40.3 Å². The molecule has 1 aliphatic heterocycles. The largest absolute Gasteiger partial charge is 0.342 e. The first-order valence-corrected chi connectivity index (χ1v) is 12.3. The van der Waals surface area contributed by atoms with Crippen LogP contribution in [0, 0.1) is 0 Å². The summed E-state index contributed by atoms with van der Waals surface area (Å²) in [6.45, 7) is 0.678. The van der Waals surface area contributed by atoms with E-state index in [4.69, 9.17) is 23.8 Å². The van der Waals surface area contributed by atoms with Crippen molar-refractivity contribution in [2.75, 3.05) is 0 Å². The zero-order valence-corrected chi connectivity index (χ0v) is 19.5. The molecule has 1 aromatic heterocycles. The number of thioether (sulfide) groups is 1. The molecule has 0 unspecified atom stereocenters. The van der Waals surface area contributed by atoms with Crippen LogP contribution in [-0.4, -0.2) is 25.7 Å². The molecule has 1 saturated heterocycles. The molecule has 0 bridgehead atoms. The molecule has 0 N–H and O–H groups in total. The van der Waals surface area contributed by atoms with E-state index in [1.807, 2.05) is 47.4 Å². The zero-order valence-electron chi connectivity index (χ0n) is 17.1. The van der Waals surface area contributed by atoms with Crippen LogP contribution >= 0.6 is 35.6 Å². The number of benzene rings is 2. The predicted molar refractivity (Wildman–Crippen MR) is 134 cm³/mol. The van der Waals surface area contributed by atoms with E-state index in [0.29, 0.717) is 10.9 Å². The third kappa shape index (κ3) is 4.07. The topological polar surface area (TPSA) is 25.2 Å². The Morgan fingerprint density at radius 3 is 2.61 bits per heavy atom. The van der Waals surface area contributed by atoms with Gasteiger partial charge in [0.15, 0.2) is 0 Å². The van der Waals surface area contributed by atoms with Gasteiger partial charge in [0.25, 0.3) is 5.91 Å². The molecular formula is C25H23ClN2OS2. The van der Waals surface area contributed by atoms with Crippen molar-refractivity contribution in [2.24, 2.45) is 0 Å². The quantitative estimate of drug-likeness (QED) is 0.309. The minimum Gasteiger partial charge on any atom is -0.342 e. The van der Waals surface area contributed by atoms with Gasteiger partial charge >= 0.3 is 0 Å². The predicted octanol–water partition coefficient (Wildman–Crippen LogP) is 6.88. The third-order valence-corrected chi connectivity index (χ3v) is 7.87. The van der Waals surface area contributed by atoms with Gasteiger partial charge in [0.2, 0.25) is 0 Å². The van der Waals surface area contributed by atoms with Crippen molar-refractivity contribution in [2.45, 2.75) is 44.7 Å². The highest BCUT2D eigenvalue weighted by atomic mass is 35.5. The average Bonchev–Trinajstić information content (AvgIpc) is 3.27. The van der Waals surface area contributed by atoms with E-state index in [1.165, 1.54) is 31.0 Å². The first kappa shape index (κ1) is 20.8. The number of amides is 1. The Balaban J connectivity index is 1.49. The number of aromatic nitrogens is 1. The SMILES string of the molecule is O=C1/C(=C\c2cn(Cc3ccccc3Cl)c3ccccc23)SC(=S)N1C1CCCCC1. The Hall–Kier alpha value is -2.08. The van der Waals surface area contributed by atoms with E-state index in [2.05, 4.69) is 22.9 Å². The van der Waals surface area contributed by atoms with Gasteiger partial charge < -0.3 is 4.57 Å². The highest BCUT2D eigenvalue weighted by Crippen LogP contribution is 2.38. The Morgan fingerprint density at radius 1 is 1.06 bits per heavy atom. The van der Waals surface area contributed by atoms with Gasteiger partial charge in [-0.1, -0.05) is 91.2 Å². The van der Waals surface area contributed by atoms with Crippen molar-refractivity contribution in [3.63, 3.8) is 0 Å². The van der Waals surface area contributed by atoms with E-state index >= 15 is 0 Å². The van der Waals surface area contributed by atoms with Crippen LogP contribution in [0.15, 0.2) is 59.6 Å². The second kappa shape index (κ2) is 8.81. The van der Waals surface area contributed by atoms with Crippen LogP contribution < -0.4 is 0 Å². The lowest BCUT2D eigenvalue weighted by molar-refractivity contribution is -0.124. The van der Waals surface area contributed by atoms with Gasteiger partial charge in [-0.3, -0.25) is 9.69 Å². The molecule has 5 rings (SSSR count). The van der Waals surface area contributed by atoms with Gasteiger partial charge in [-0.25, -0.2) is 0 Å². The van der Waals surface area contributed by atoms with Crippen LogP contribution in [-0.2, 0) is 11.3 Å². The Kier molecular flexibility index (Phi) is 5.91. The molecule has 1 amide bonds. The standard InChI is InChI=1S/C25H23ClN2OS2/c26-21-12-6-4-8-17(21)15-27-16-18(20-11-5-7-13-22(20)27)14-23-24(29)28(25(30)31-23)19-9-2-1-3-10-19/h4-8,11-14,16,19H,1-3,9-10,15H2/b23-14+. The third-order valence-electron chi connectivity index (χ3n) is 6.17. The fourth-order valence-corrected chi connectivity index (χ4v) is 6.19. The van der Waals surface area contributed by atoms with Crippen molar-refractivity contribution in [1.82, 2.24) is 9.47 Å². The first-order chi connectivity index (χ1) is 15.1. The molecule has 0 spiro atoms. The summed E-state index contributed by atoms with van der Waals surface area (Å²) in [4.78, 5) is 15.8. The van der Waals surface area contributed by atoms with Crippen molar-refractivity contribution in [3.05, 3.63) is 75.8 Å². The lowest BCUT2D eigenvalue weighted by atomic mass is 9.94. The molecule has 2 heterocycles. The fraction of sp³-hybridized carbons (Fsp3) is 0.280.